The largest absolute Gasteiger partial charge is 0.481 e. The molecule has 6 nitrogen and oxygen atoms in total. The summed E-state index contributed by atoms with van der Waals surface area (Å²) < 4.78 is 5.19. The molecule has 0 aromatic carbocycles. The van der Waals surface area contributed by atoms with Crippen molar-refractivity contribution in [2.24, 2.45) is 17.1 Å². The molecule has 6 heteroatoms. The van der Waals surface area contributed by atoms with Gasteiger partial charge < -0.3 is 20.9 Å². The Balaban J connectivity index is 2.39. The van der Waals surface area contributed by atoms with E-state index >= 15 is 0 Å². The summed E-state index contributed by atoms with van der Waals surface area (Å²) in [6.45, 7) is 3.61. The Labute approximate surface area is 113 Å². The van der Waals surface area contributed by atoms with Gasteiger partial charge in [0, 0.05) is 26.2 Å². The molecule has 1 aliphatic heterocycles. The maximum absolute atomic E-state index is 11.7. The second-order valence-electron chi connectivity index (χ2n) is 5.35. The number of hydrogen-bond donors (Lipinski definition) is 3. The highest BCUT2D eigenvalue weighted by Gasteiger charge is 2.40. The number of aliphatic carboxylic acids is 1. The number of nitrogens with one attached hydrogen (secondary N) is 1. The van der Waals surface area contributed by atoms with Crippen LogP contribution in [0.2, 0.25) is 0 Å². The van der Waals surface area contributed by atoms with Crippen molar-refractivity contribution < 1.29 is 19.4 Å². The molecule has 0 radical (unpaired) electrons. The Bertz CT molecular complexity index is 314. The molecule has 1 unspecified atom stereocenters. The highest BCUT2D eigenvalue weighted by Crippen LogP contribution is 2.30. The monoisotopic (exact) mass is 272 g/mol. The molecule has 1 heterocycles. The smallest absolute Gasteiger partial charge is 0.311 e. The van der Waals surface area contributed by atoms with Crippen molar-refractivity contribution in [1.29, 1.82) is 0 Å². The Morgan fingerprint density at radius 1 is 1.42 bits per heavy atom. The minimum atomic E-state index is -0.868. The van der Waals surface area contributed by atoms with Gasteiger partial charge in [0.15, 0.2) is 0 Å². The van der Waals surface area contributed by atoms with E-state index in [1.807, 2.05) is 6.92 Å². The van der Waals surface area contributed by atoms with Crippen LogP contribution in [-0.2, 0) is 14.3 Å². The summed E-state index contributed by atoms with van der Waals surface area (Å²) >= 11 is 0. The zero-order valence-corrected chi connectivity index (χ0v) is 11.5. The highest BCUT2D eigenvalue weighted by atomic mass is 16.5. The van der Waals surface area contributed by atoms with Crippen LogP contribution in [0.25, 0.3) is 0 Å². The predicted octanol–water partition coefficient (Wildman–Crippen LogP) is 0.359. The summed E-state index contributed by atoms with van der Waals surface area (Å²) in [7, 11) is 0. The van der Waals surface area contributed by atoms with E-state index in [0.717, 1.165) is 6.42 Å². The second kappa shape index (κ2) is 7.45. The first-order valence-electron chi connectivity index (χ1n) is 6.78. The van der Waals surface area contributed by atoms with E-state index in [0.29, 0.717) is 44.9 Å². The SMILES string of the molecule is CC(CN)CCC(=O)NCC1(C(=O)O)CCOCC1. The van der Waals surface area contributed by atoms with E-state index in [1.165, 1.54) is 0 Å². The van der Waals surface area contributed by atoms with Crippen LogP contribution in [0, 0.1) is 11.3 Å². The van der Waals surface area contributed by atoms with E-state index in [1.54, 1.807) is 0 Å². The zero-order valence-electron chi connectivity index (χ0n) is 11.5. The molecule has 0 aliphatic carbocycles. The van der Waals surface area contributed by atoms with Crippen LogP contribution in [0.5, 0.6) is 0 Å². The van der Waals surface area contributed by atoms with E-state index in [4.69, 9.17) is 10.5 Å². The van der Waals surface area contributed by atoms with Crippen LogP contribution in [0.3, 0.4) is 0 Å². The molecular formula is C13H24N2O4. The van der Waals surface area contributed by atoms with Crippen molar-refractivity contribution in [2.75, 3.05) is 26.3 Å². The molecule has 0 spiro atoms. The molecule has 19 heavy (non-hydrogen) atoms. The van der Waals surface area contributed by atoms with Crippen molar-refractivity contribution in [2.45, 2.75) is 32.6 Å². The van der Waals surface area contributed by atoms with Gasteiger partial charge in [0.2, 0.25) is 5.91 Å². The predicted molar refractivity (Wildman–Crippen MR) is 70.6 cm³/mol. The Hall–Kier alpha value is -1.14. The first-order valence-corrected chi connectivity index (χ1v) is 6.78. The van der Waals surface area contributed by atoms with E-state index < -0.39 is 11.4 Å². The van der Waals surface area contributed by atoms with Gasteiger partial charge in [0.05, 0.1) is 5.41 Å². The molecule has 0 aromatic heterocycles. The normalized spacial score (nSPS) is 19.7. The van der Waals surface area contributed by atoms with Gasteiger partial charge in [-0.05, 0) is 31.7 Å². The van der Waals surface area contributed by atoms with E-state index in [9.17, 15) is 14.7 Å². The number of ether oxygens (including phenoxy) is 1. The average molecular weight is 272 g/mol. The Morgan fingerprint density at radius 2 is 2.05 bits per heavy atom. The maximum atomic E-state index is 11.7. The van der Waals surface area contributed by atoms with Gasteiger partial charge in [-0.3, -0.25) is 9.59 Å². The number of carbonyl (C=O) groups excluding carboxylic acids is 1. The number of nitrogens with two attached hydrogens (primary N) is 1. The molecule has 1 fully saturated rings. The average Bonchev–Trinajstić information content (AvgIpc) is 2.43. The number of carbonyl (C=O) groups is 2. The van der Waals surface area contributed by atoms with Gasteiger partial charge in [-0.2, -0.15) is 0 Å². The zero-order chi connectivity index (χ0) is 14.3. The lowest BCUT2D eigenvalue weighted by atomic mass is 9.80. The lowest BCUT2D eigenvalue weighted by Crippen LogP contribution is -2.46. The van der Waals surface area contributed by atoms with Crippen LogP contribution in [0.4, 0.5) is 0 Å². The van der Waals surface area contributed by atoms with Crippen LogP contribution in [0.15, 0.2) is 0 Å². The fourth-order valence-corrected chi connectivity index (χ4v) is 2.08. The fourth-order valence-electron chi connectivity index (χ4n) is 2.08. The second-order valence-corrected chi connectivity index (χ2v) is 5.35. The quantitative estimate of drug-likeness (QED) is 0.621. The van der Waals surface area contributed by atoms with Crippen LogP contribution in [-0.4, -0.2) is 43.3 Å². The number of amides is 1. The minimum absolute atomic E-state index is 0.104. The first-order chi connectivity index (χ1) is 9.00. The highest BCUT2D eigenvalue weighted by molar-refractivity contribution is 5.79. The molecule has 0 bridgehead atoms. The van der Waals surface area contributed by atoms with Gasteiger partial charge in [-0.15, -0.1) is 0 Å². The third-order valence-electron chi connectivity index (χ3n) is 3.79. The molecule has 1 atom stereocenters. The molecule has 0 aromatic rings. The molecule has 1 rings (SSSR count). The van der Waals surface area contributed by atoms with Crippen LogP contribution in [0.1, 0.15) is 32.6 Å². The maximum Gasteiger partial charge on any atom is 0.311 e. The molecule has 1 saturated heterocycles. The summed E-state index contributed by atoms with van der Waals surface area (Å²) in [4.78, 5) is 23.1. The summed E-state index contributed by atoms with van der Waals surface area (Å²) in [5, 5.41) is 12.1. The topological polar surface area (TPSA) is 102 Å². The molecule has 1 amide bonds. The Kier molecular flexibility index (Phi) is 6.24. The first kappa shape index (κ1) is 15.9. The third-order valence-corrected chi connectivity index (χ3v) is 3.79. The summed E-state index contributed by atoms with van der Waals surface area (Å²) in [6, 6.07) is 0. The van der Waals surface area contributed by atoms with Crippen LogP contribution < -0.4 is 11.1 Å². The van der Waals surface area contributed by atoms with Gasteiger partial charge >= 0.3 is 5.97 Å². The summed E-state index contributed by atoms with van der Waals surface area (Å²) in [5.74, 6) is -0.652. The van der Waals surface area contributed by atoms with Gasteiger partial charge in [-0.1, -0.05) is 6.92 Å². The molecule has 0 saturated carbocycles. The molecular weight excluding hydrogens is 248 g/mol. The number of rotatable bonds is 7. The van der Waals surface area contributed by atoms with E-state index in [-0.39, 0.29) is 12.5 Å². The van der Waals surface area contributed by atoms with Crippen molar-refractivity contribution in [1.82, 2.24) is 5.32 Å². The number of carboxylic acid groups (broad SMARTS) is 1. The molecule has 4 N–H and O–H groups in total. The fraction of sp³-hybridized carbons (Fsp3) is 0.846. The van der Waals surface area contributed by atoms with E-state index in [2.05, 4.69) is 5.32 Å². The van der Waals surface area contributed by atoms with Gasteiger partial charge in [-0.25, -0.2) is 0 Å². The molecule has 1 aliphatic rings. The van der Waals surface area contributed by atoms with Crippen LogP contribution >= 0.6 is 0 Å². The van der Waals surface area contributed by atoms with Crippen molar-refractivity contribution in [3.63, 3.8) is 0 Å². The number of hydrogen-bond acceptors (Lipinski definition) is 4. The lowest BCUT2D eigenvalue weighted by molar-refractivity contribution is -0.154. The Morgan fingerprint density at radius 3 is 2.58 bits per heavy atom. The molecule has 110 valence electrons. The van der Waals surface area contributed by atoms with Crippen molar-refractivity contribution in [3.05, 3.63) is 0 Å². The van der Waals surface area contributed by atoms with Gasteiger partial charge in [0.1, 0.15) is 0 Å². The minimum Gasteiger partial charge on any atom is -0.481 e. The summed E-state index contributed by atoms with van der Waals surface area (Å²) in [6.07, 6.45) is 2.01. The van der Waals surface area contributed by atoms with Gasteiger partial charge in [0.25, 0.3) is 0 Å². The standard InChI is InChI=1S/C13H24N2O4/c1-10(8-14)2-3-11(16)15-9-13(12(17)18)4-6-19-7-5-13/h10H,2-9,14H2,1H3,(H,15,16)(H,17,18). The third kappa shape index (κ3) is 4.80. The number of carboxylic acids is 1. The summed E-state index contributed by atoms with van der Waals surface area (Å²) in [5.41, 5.74) is 4.62. The van der Waals surface area contributed by atoms with Crippen molar-refractivity contribution in [3.8, 4) is 0 Å². The lowest BCUT2D eigenvalue weighted by Gasteiger charge is -2.33. The van der Waals surface area contributed by atoms with Crippen molar-refractivity contribution >= 4 is 11.9 Å².